The fourth-order valence-electron chi connectivity index (χ4n) is 0.828. The van der Waals surface area contributed by atoms with Gasteiger partial charge in [0.25, 0.3) is 0 Å². The van der Waals surface area contributed by atoms with Gasteiger partial charge in [-0.05, 0) is 20.9 Å². The van der Waals surface area contributed by atoms with E-state index in [1.54, 1.807) is 0 Å². The van der Waals surface area contributed by atoms with Crippen molar-refractivity contribution in [3.63, 3.8) is 0 Å². The van der Waals surface area contributed by atoms with Gasteiger partial charge in [-0.2, -0.15) is 0 Å². The van der Waals surface area contributed by atoms with Crippen molar-refractivity contribution in [1.29, 1.82) is 0 Å². The minimum absolute atomic E-state index is 0. The van der Waals surface area contributed by atoms with Crippen LogP contribution in [0.1, 0.15) is 0 Å². The van der Waals surface area contributed by atoms with E-state index < -0.39 is 33.4 Å². The zero-order valence-corrected chi connectivity index (χ0v) is 11.0. The summed E-state index contributed by atoms with van der Waals surface area (Å²) in [5.74, 6) is -9.85. The van der Waals surface area contributed by atoms with Crippen molar-refractivity contribution in [3.8, 4) is 0 Å². The smallest absolute Gasteiger partial charge is 0.540 e. The van der Waals surface area contributed by atoms with Crippen molar-refractivity contribution in [1.82, 2.24) is 0 Å². The Balaban J connectivity index is 0.000000403. The Bertz CT molecular complexity index is 541. The van der Waals surface area contributed by atoms with Crippen LogP contribution in [0.25, 0.3) is 0 Å². The number of nitrogens with zero attached hydrogens (tertiary/aromatic N) is 10. The van der Waals surface area contributed by atoms with Crippen molar-refractivity contribution in [2.24, 2.45) is 41.4 Å². The molecule has 2 heterocycles. The van der Waals surface area contributed by atoms with Gasteiger partial charge >= 0.3 is 28.6 Å². The maximum absolute atomic E-state index is 10.1. The van der Waals surface area contributed by atoms with Crippen molar-refractivity contribution in [2.45, 2.75) is 11.6 Å². The number of carboxylic acids is 2. The summed E-state index contributed by atoms with van der Waals surface area (Å²) in [6.45, 7) is 0. The molecule has 0 fully saturated rings. The number of rotatable bonds is 4. The average Bonchev–Trinajstić information content (AvgIpc) is 3.10. The normalized spacial score (nSPS) is 17.7. The van der Waals surface area contributed by atoms with Gasteiger partial charge in [-0.15, -0.1) is 0 Å². The first-order chi connectivity index (χ1) is 10.2. The maximum atomic E-state index is 10.1. The predicted molar refractivity (Wildman–Crippen MR) is 48.9 cm³/mol. The van der Waals surface area contributed by atoms with Crippen molar-refractivity contribution < 1.29 is 46.7 Å². The molecule has 23 heavy (non-hydrogen) atoms. The Kier molecular flexibility index (Phi) is 6.06. The van der Waals surface area contributed by atoms with E-state index >= 15 is 0 Å². The summed E-state index contributed by atoms with van der Waals surface area (Å²) in [6, 6.07) is 0. The van der Waals surface area contributed by atoms with Crippen LogP contribution in [-0.2, 0) is 26.7 Å². The monoisotopic (exact) mass is 379 g/mol. The van der Waals surface area contributed by atoms with Crippen LogP contribution < -0.4 is 10.2 Å². The number of carbonyl (C=O) groups is 2. The van der Waals surface area contributed by atoms with Gasteiger partial charge in [-0.25, -0.2) is 0 Å². The van der Waals surface area contributed by atoms with Gasteiger partial charge < -0.3 is 19.8 Å². The third-order valence-electron chi connectivity index (χ3n) is 1.87. The molecule has 0 N–H and O–H groups in total. The van der Waals surface area contributed by atoms with Gasteiger partial charge in [-0.3, -0.25) is 20.2 Å². The van der Waals surface area contributed by atoms with Gasteiger partial charge in [0.1, 0.15) is 0 Å². The Labute approximate surface area is 132 Å². The van der Waals surface area contributed by atoms with Gasteiger partial charge in [0.05, 0.1) is 9.85 Å². The second-order valence-corrected chi connectivity index (χ2v) is 3.12. The van der Waals surface area contributed by atoms with E-state index in [4.69, 9.17) is 0 Å². The summed E-state index contributed by atoms with van der Waals surface area (Å²) < 4.78 is 0. The van der Waals surface area contributed by atoms with Crippen molar-refractivity contribution in [2.75, 3.05) is 0 Å². The van der Waals surface area contributed by atoms with Crippen LogP contribution in [0.4, 0.5) is 0 Å². The van der Waals surface area contributed by atoms with Gasteiger partial charge in [0.15, 0.2) is 11.9 Å². The largest absolute Gasteiger partial charge is 2.00 e. The first-order valence-corrected chi connectivity index (χ1v) is 4.59. The number of hydrogen-bond donors (Lipinski definition) is 0. The fraction of sp³-hybridized carbons (Fsp3) is 0.500. The summed E-state index contributed by atoms with van der Waals surface area (Å²) in [7, 11) is 0. The summed E-state index contributed by atoms with van der Waals surface area (Å²) >= 11 is 0. The number of nitro groups is 2. The van der Waals surface area contributed by atoms with Crippen LogP contribution >= 0.6 is 0 Å². The van der Waals surface area contributed by atoms with E-state index in [1.807, 2.05) is 0 Å². The third kappa shape index (κ3) is 3.47. The number of hydrogen-bond acceptors (Lipinski definition) is 16. The second-order valence-electron chi connectivity index (χ2n) is 3.12. The summed E-state index contributed by atoms with van der Waals surface area (Å²) in [4.78, 5) is 37.8. The predicted octanol–water partition coefficient (Wildman–Crippen LogP) is -3.00. The maximum Gasteiger partial charge on any atom is 2.00 e. The zero-order chi connectivity index (χ0) is 17.0. The molecule has 1 radical (unpaired) electrons. The molecule has 0 aromatic rings. The van der Waals surface area contributed by atoms with E-state index in [9.17, 15) is 40.0 Å². The Morgan fingerprint density at radius 3 is 1.00 bits per heavy atom. The van der Waals surface area contributed by atoms with Crippen LogP contribution in [0.3, 0.4) is 0 Å². The molecule has 0 aromatic carbocycles. The van der Waals surface area contributed by atoms with E-state index in [2.05, 4.69) is 41.4 Å². The fourth-order valence-corrected chi connectivity index (χ4v) is 0.828. The van der Waals surface area contributed by atoms with Gasteiger partial charge in [0, 0.05) is 0 Å². The van der Waals surface area contributed by atoms with Gasteiger partial charge in [-0.1, -0.05) is 20.5 Å². The second kappa shape index (κ2) is 7.08. The molecule has 0 unspecified atom stereocenters. The molecule has 0 aliphatic carbocycles. The SMILES string of the molecule is O=C([O-])C1([N+](=O)[O-])N=NN=N1.O=C([O-])C1([N+](=O)[O-])N=NN=N1.[Cu+2]. The Morgan fingerprint density at radius 1 is 0.696 bits per heavy atom. The molecule has 125 valence electrons. The number of carbonyl (C=O) groups excluding carboxylic acids is 2. The van der Waals surface area contributed by atoms with Crippen LogP contribution in [-0.4, -0.2) is 33.4 Å². The average molecular weight is 380 g/mol. The van der Waals surface area contributed by atoms with Crippen molar-refractivity contribution in [3.05, 3.63) is 20.2 Å². The summed E-state index contributed by atoms with van der Waals surface area (Å²) in [6.07, 6.45) is 0. The molecular formula is C4CuN10O8. The molecule has 19 heteroatoms. The topological polar surface area (TPSA) is 265 Å². The molecule has 2 rings (SSSR count). The number of carboxylic acid groups (broad SMARTS) is 2. The molecule has 0 bridgehead atoms. The molecule has 0 spiro atoms. The standard InChI is InChI=1S/2C2HN5O4.Cu/c2*8-1(9)2(7(10)11)3-5-6-4-2;/h2*(H,8,9);/q;;+2/p-2. The summed E-state index contributed by atoms with van der Waals surface area (Å²) in [5.41, 5.74) is 0. The van der Waals surface area contributed by atoms with Crippen LogP contribution in [0.2, 0.25) is 0 Å². The molecule has 0 saturated carbocycles. The van der Waals surface area contributed by atoms with E-state index in [0.717, 1.165) is 0 Å². The molecule has 2 aliphatic heterocycles. The Morgan fingerprint density at radius 2 is 0.913 bits per heavy atom. The minimum Gasteiger partial charge on any atom is -0.540 e. The number of aliphatic carboxylic acids is 2. The molecule has 0 atom stereocenters. The molecular weight excluding hydrogens is 380 g/mol. The molecule has 0 amide bonds. The summed E-state index contributed by atoms with van der Waals surface area (Å²) in [5, 5.41) is 61.9. The Hall–Kier alpha value is -3.34. The third-order valence-corrected chi connectivity index (χ3v) is 1.87. The van der Waals surface area contributed by atoms with Crippen molar-refractivity contribution >= 4 is 11.9 Å². The van der Waals surface area contributed by atoms with Crippen LogP contribution in [0.5, 0.6) is 0 Å². The van der Waals surface area contributed by atoms with Gasteiger partial charge in [0.2, 0.25) is 0 Å². The minimum atomic E-state index is -2.86. The quantitative estimate of drug-likeness (QED) is 0.275. The zero-order valence-electron chi connectivity index (χ0n) is 10.0. The van der Waals surface area contributed by atoms with Crippen LogP contribution in [0.15, 0.2) is 41.4 Å². The van der Waals surface area contributed by atoms with E-state index in [1.165, 1.54) is 0 Å². The van der Waals surface area contributed by atoms with Crippen LogP contribution in [0, 0.1) is 20.2 Å². The molecule has 0 aromatic heterocycles. The molecule has 18 nitrogen and oxygen atoms in total. The molecule has 2 aliphatic rings. The first kappa shape index (κ1) is 19.7. The van der Waals surface area contributed by atoms with E-state index in [-0.39, 0.29) is 17.1 Å². The first-order valence-electron chi connectivity index (χ1n) is 4.59. The van der Waals surface area contributed by atoms with E-state index in [0.29, 0.717) is 0 Å². The molecule has 0 saturated heterocycles.